The Labute approximate surface area is 128 Å². The Morgan fingerprint density at radius 1 is 0.208 bits per heavy atom. The number of hydrogen-bond donors (Lipinski definition) is 8. The third kappa shape index (κ3) is 0.645. The fourth-order valence-corrected chi connectivity index (χ4v) is 5.25. The molecule has 8 aromatic heterocycles. The molecule has 0 aliphatic carbocycles. The molecule has 0 saturated heterocycles. The molecule has 0 aliphatic heterocycles. The Morgan fingerprint density at radius 2 is 0.333 bits per heavy atom. The summed E-state index contributed by atoms with van der Waals surface area (Å²) in [4.78, 5) is 28.0. The molecule has 1 aromatic carbocycles. The molecular weight excluding hydrogens is 304 g/mol. The SMILES string of the molecule is [nH]1c2[nH]c3[nH]c4[nH]c5[nH]c6[nH]c7[nH]c8[nH]c1c1c2c3c4c5c6c7c81. The Hall–Kier alpha value is -3.68. The molecule has 0 amide bonds. The monoisotopic (exact) mass is 312 g/mol. The summed E-state index contributed by atoms with van der Waals surface area (Å²) in [5.74, 6) is 0. The van der Waals surface area contributed by atoms with Gasteiger partial charge in [0, 0.05) is 43.1 Å². The average Bonchev–Trinajstić information content (AvgIpc) is 3.25. The number of nitrogens with one attached hydrogen (secondary N) is 8. The maximum absolute atomic E-state index is 3.50. The number of aromatic nitrogens is 8. The van der Waals surface area contributed by atoms with Crippen LogP contribution in [-0.4, -0.2) is 39.9 Å². The minimum atomic E-state index is 1.07. The second-order valence-corrected chi connectivity index (χ2v) is 7.00. The van der Waals surface area contributed by atoms with Gasteiger partial charge in [-0.05, 0) is 0 Å². The summed E-state index contributed by atoms with van der Waals surface area (Å²) in [7, 11) is 0. The fraction of sp³-hybridized carbons (Fsp3) is 0. The summed E-state index contributed by atoms with van der Waals surface area (Å²) in [6.07, 6.45) is 0. The van der Waals surface area contributed by atoms with Crippen molar-refractivity contribution in [3.05, 3.63) is 0 Å². The quantitative estimate of drug-likeness (QED) is 0.207. The largest absolute Gasteiger partial charge is 0.327 e. The zero-order valence-electron chi connectivity index (χ0n) is 12.0. The number of aromatic amines is 8. The van der Waals surface area contributed by atoms with E-state index in [1.807, 2.05) is 0 Å². The van der Waals surface area contributed by atoms with Crippen LogP contribution in [0.15, 0.2) is 0 Å². The summed E-state index contributed by atoms with van der Waals surface area (Å²) in [6.45, 7) is 0. The molecule has 9 aromatic rings. The lowest BCUT2D eigenvalue weighted by molar-refractivity contribution is 1.29. The summed E-state index contributed by atoms with van der Waals surface area (Å²) in [5.41, 5.74) is 8.52. The van der Waals surface area contributed by atoms with Gasteiger partial charge in [-0.15, -0.1) is 0 Å². The van der Waals surface area contributed by atoms with Crippen LogP contribution in [0, 0.1) is 0 Å². The molecule has 0 radical (unpaired) electrons. The van der Waals surface area contributed by atoms with Crippen LogP contribution in [0.3, 0.4) is 0 Å². The van der Waals surface area contributed by atoms with Gasteiger partial charge in [0.05, 0.1) is 0 Å². The molecule has 0 bridgehead atoms. The van der Waals surface area contributed by atoms with E-state index in [1.165, 1.54) is 43.1 Å². The lowest BCUT2D eigenvalue weighted by atomic mass is 10.0. The van der Waals surface area contributed by atoms with Gasteiger partial charge < -0.3 is 39.9 Å². The van der Waals surface area contributed by atoms with Gasteiger partial charge in [-0.3, -0.25) is 0 Å². The Balaban J connectivity index is 1.98. The molecule has 0 saturated carbocycles. The van der Waals surface area contributed by atoms with E-state index >= 15 is 0 Å². The van der Waals surface area contributed by atoms with E-state index in [1.54, 1.807) is 0 Å². The highest BCUT2D eigenvalue weighted by Gasteiger charge is 2.29. The van der Waals surface area contributed by atoms with E-state index < -0.39 is 0 Å². The van der Waals surface area contributed by atoms with Gasteiger partial charge in [-0.1, -0.05) is 0 Å². The molecule has 8 nitrogen and oxygen atoms in total. The van der Waals surface area contributed by atoms with E-state index in [2.05, 4.69) is 39.9 Å². The molecule has 0 aliphatic rings. The molecule has 112 valence electrons. The molecule has 24 heavy (non-hydrogen) atoms. The van der Waals surface area contributed by atoms with Crippen molar-refractivity contribution in [3.63, 3.8) is 0 Å². The Morgan fingerprint density at radius 3 is 0.458 bits per heavy atom. The Bertz CT molecular complexity index is 1360. The molecule has 0 fully saturated rings. The summed E-state index contributed by atoms with van der Waals surface area (Å²) in [6, 6.07) is 0. The summed E-state index contributed by atoms with van der Waals surface area (Å²) >= 11 is 0. The van der Waals surface area contributed by atoms with Crippen molar-refractivity contribution in [1.82, 2.24) is 39.9 Å². The molecule has 8 heteroatoms. The van der Waals surface area contributed by atoms with Gasteiger partial charge in [-0.2, -0.15) is 0 Å². The first-order valence-electron chi connectivity index (χ1n) is 8.00. The van der Waals surface area contributed by atoms with Crippen LogP contribution < -0.4 is 0 Å². The van der Waals surface area contributed by atoms with Crippen molar-refractivity contribution in [2.24, 2.45) is 0 Å². The number of rotatable bonds is 0. The molecule has 0 unspecified atom stereocenters. The van der Waals surface area contributed by atoms with Crippen molar-refractivity contribution in [2.75, 3.05) is 0 Å². The van der Waals surface area contributed by atoms with Crippen LogP contribution in [0.5, 0.6) is 0 Å². The van der Waals surface area contributed by atoms with Crippen molar-refractivity contribution >= 4 is 88.3 Å². The third-order valence-corrected chi connectivity index (χ3v) is 6.00. The van der Waals surface area contributed by atoms with Crippen molar-refractivity contribution in [1.29, 1.82) is 0 Å². The van der Waals surface area contributed by atoms with E-state index in [0.29, 0.717) is 0 Å². The molecule has 8 N–H and O–H groups in total. The molecule has 9 rings (SSSR count). The van der Waals surface area contributed by atoms with Gasteiger partial charge in [-0.25, -0.2) is 0 Å². The highest BCUT2D eigenvalue weighted by atomic mass is 15.1. The number of hydrogen-bond acceptors (Lipinski definition) is 0. The van der Waals surface area contributed by atoms with Crippen molar-refractivity contribution < 1.29 is 0 Å². The predicted octanol–water partition coefficient (Wildman–Crippen LogP) is 3.85. The van der Waals surface area contributed by atoms with Crippen LogP contribution in [0.25, 0.3) is 88.3 Å². The van der Waals surface area contributed by atoms with Gasteiger partial charge in [0.15, 0.2) is 0 Å². The van der Waals surface area contributed by atoms with Crippen LogP contribution >= 0.6 is 0 Å². The lowest BCUT2D eigenvalue weighted by Gasteiger charge is -1.92. The minimum Gasteiger partial charge on any atom is -0.327 e. The summed E-state index contributed by atoms with van der Waals surface area (Å²) < 4.78 is 0. The topological polar surface area (TPSA) is 126 Å². The summed E-state index contributed by atoms with van der Waals surface area (Å²) in [5, 5.41) is 10.1. The molecule has 0 spiro atoms. The highest BCUT2D eigenvalue weighted by molar-refractivity contribution is 6.45. The lowest BCUT2D eigenvalue weighted by Crippen LogP contribution is -1.75. The standard InChI is InChI=1S/C16H8N8/c17-9-1-2-4-6-8-7-5-3(1)11(18-9)20-13(5)22-15(7)24-16(8)23-14(6)21-12(4)19-10(2)17/h17-24H. The maximum atomic E-state index is 3.50. The predicted molar refractivity (Wildman–Crippen MR) is 94.9 cm³/mol. The van der Waals surface area contributed by atoms with Gasteiger partial charge in [0.25, 0.3) is 0 Å². The third-order valence-electron chi connectivity index (χ3n) is 6.00. The molecule has 8 heterocycles. The van der Waals surface area contributed by atoms with Crippen LogP contribution in [0.4, 0.5) is 0 Å². The number of H-pyrrole nitrogens is 8. The second-order valence-electron chi connectivity index (χ2n) is 7.00. The van der Waals surface area contributed by atoms with E-state index in [4.69, 9.17) is 0 Å². The first-order chi connectivity index (χ1) is 11.9. The molecule has 0 atom stereocenters. The minimum absolute atomic E-state index is 1.07. The zero-order chi connectivity index (χ0) is 14.9. The first-order valence-corrected chi connectivity index (χ1v) is 8.00. The average molecular weight is 312 g/mol. The smallest absolute Gasteiger partial charge is 0.119 e. The normalized spacial score (nSPS) is 14.7. The van der Waals surface area contributed by atoms with Crippen molar-refractivity contribution in [3.8, 4) is 0 Å². The molecular formula is C16H8N8. The van der Waals surface area contributed by atoms with Crippen molar-refractivity contribution in [2.45, 2.75) is 0 Å². The van der Waals surface area contributed by atoms with Crippen LogP contribution in [0.1, 0.15) is 0 Å². The zero-order valence-corrected chi connectivity index (χ0v) is 12.0. The van der Waals surface area contributed by atoms with E-state index in [0.717, 1.165) is 45.2 Å². The first kappa shape index (κ1) is 9.46. The second kappa shape index (κ2) is 2.37. The van der Waals surface area contributed by atoms with Crippen LogP contribution in [-0.2, 0) is 0 Å². The van der Waals surface area contributed by atoms with Gasteiger partial charge >= 0.3 is 0 Å². The fourth-order valence-electron chi connectivity index (χ4n) is 5.25. The van der Waals surface area contributed by atoms with Gasteiger partial charge in [0.2, 0.25) is 0 Å². The van der Waals surface area contributed by atoms with Gasteiger partial charge in [0.1, 0.15) is 45.2 Å². The Kier molecular flexibility index (Phi) is 0.933. The highest BCUT2D eigenvalue weighted by Crippen LogP contribution is 2.49. The maximum Gasteiger partial charge on any atom is 0.119 e. The van der Waals surface area contributed by atoms with Crippen LogP contribution in [0.2, 0.25) is 0 Å². The van der Waals surface area contributed by atoms with E-state index in [-0.39, 0.29) is 0 Å². The van der Waals surface area contributed by atoms with E-state index in [9.17, 15) is 0 Å².